The van der Waals surface area contributed by atoms with Gasteiger partial charge in [0.15, 0.2) is 0 Å². The summed E-state index contributed by atoms with van der Waals surface area (Å²) in [5.41, 5.74) is 3.68. The smallest absolute Gasteiger partial charge is 0.0946 e. The van der Waals surface area contributed by atoms with E-state index < -0.39 is 0 Å². The zero-order valence-corrected chi connectivity index (χ0v) is 11.3. The van der Waals surface area contributed by atoms with Gasteiger partial charge >= 0.3 is 0 Å². The molecule has 1 fully saturated rings. The third kappa shape index (κ3) is 2.72. The van der Waals surface area contributed by atoms with E-state index in [0.29, 0.717) is 0 Å². The normalized spacial score (nSPS) is 14.9. The standard InChI is InChI=1S/C15H20N4/c1-18-12-16-10-15(18)11-17-13-4-6-14(7-5-13)19-8-2-3-9-19/h4-7,10,12,17H,2-3,8-9,11H2,1H3. The molecule has 0 bridgehead atoms. The molecule has 1 aliphatic heterocycles. The molecule has 1 N–H and O–H groups in total. The molecule has 0 radical (unpaired) electrons. The van der Waals surface area contributed by atoms with Gasteiger partial charge in [-0.2, -0.15) is 0 Å². The number of nitrogens with zero attached hydrogens (tertiary/aromatic N) is 3. The Kier molecular flexibility index (Phi) is 3.40. The molecule has 3 rings (SSSR count). The molecule has 2 aromatic rings. The lowest BCUT2D eigenvalue weighted by molar-refractivity contribution is 0.837. The van der Waals surface area contributed by atoms with Crippen LogP contribution in [0.15, 0.2) is 36.8 Å². The van der Waals surface area contributed by atoms with Crippen LogP contribution in [-0.2, 0) is 13.6 Å². The van der Waals surface area contributed by atoms with Gasteiger partial charge in [0, 0.05) is 37.7 Å². The van der Waals surface area contributed by atoms with Gasteiger partial charge in [-0.05, 0) is 37.1 Å². The van der Waals surface area contributed by atoms with E-state index in [4.69, 9.17) is 0 Å². The Morgan fingerprint density at radius 2 is 1.89 bits per heavy atom. The molecule has 4 nitrogen and oxygen atoms in total. The van der Waals surface area contributed by atoms with Crippen molar-refractivity contribution in [2.45, 2.75) is 19.4 Å². The van der Waals surface area contributed by atoms with E-state index in [2.05, 4.69) is 39.5 Å². The first-order valence-electron chi connectivity index (χ1n) is 6.87. The molecule has 1 aromatic carbocycles. The molecule has 1 aromatic heterocycles. The van der Waals surface area contributed by atoms with Gasteiger partial charge in [-0.3, -0.25) is 0 Å². The summed E-state index contributed by atoms with van der Waals surface area (Å²) >= 11 is 0. The molecule has 0 spiro atoms. The Hall–Kier alpha value is -1.97. The van der Waals surface area contributed by atoms with Crippen molar-refractivity contribution in [1.29, 1.82) is 0 Å². The minimum Gasteiger partial charge on any atom is -0.379 e. The molecule has 0 atom stereocenters. The number of rotatable bonds is 4. The molecule has 0 saturated carbocycles. The SMILES string of the molecule is Cn1cncc1CNc1ccc(N2CCCC2)cc1. The fourth-order valence-electron chi connectivity index (χ4n) is 2.51. The lowest BCUT2D eigenvalue weighted by Crippen LogP contribution is -2.17. The fourth-order valence-corrected chi connectivity index (χ4v) is 2.51. The predicted molar refractivity (Wildman–Crippen MR) is 78.4 cm³/mol. The third-order valence-corrected chi connectivity index (χ3v) is 3.73. The summed E-state index contributed by atoms with van der Waals surface area (Å²) < 4.78 is 2.03. The first kappa shape index (κ1) is 12.1. The minimum atomic E-state index is 0.805. The van der Waals surface area contributed by atoms with Crippen LogP contribution in [-0.4, -0.2) is 22.6 Å². The van der Waals surface area contributed by atoms with Crippen LogP contribution < -0.4 is 10.2 Å². The number of aromatic nitrogens is 2. The average molecular weight is 256 g/mol. The second kappa shape index (κ2) is 5.34. The summed E-state index contributed by atoms with van der Waals surface area (Å²) in [6, 6.07) is 8.72. The summed E-state index contributed by atoms with van der Waals surface area (Å²) in [4.78, 5) is 6.57. The molecular weight excluding hydrogens is 236 g/mol. The van der Waals surface area contributed by atoms with E-state index >= 15 is 0 Å². The van der Waals surface area contributed by atoms with E-state index in [1.165, 1.54) is 37.3 Å². The van der Waals surface area contributed by atoms with Crippen LogP contribution in [0.5, 0.6) is 0 Å². The van der Waals surface area contributed by atoms with Gasteiger partial charge in [-0.1, -0.05) is 0 Å². The van der Waals surface area contributed by atoms with Crippen molar-refractivity contribution in [2.24, 2.45) is 7.05 Å². The van der Waals surface area contributed by atoms with Crippen molar-refractivity contribution in [2.75, 3.05) is 23.3 Å². The van der Waals surface area contributed by atoms with E-state index in [-0.39, 0.29) is 0 Å². The summed E-state index contributed by atoms with van der Waals surface area (Å²) in [7, 11) is 2.01. The highest BCUT2D eigenvalue weighted by Gasteiger charge is 2.11. The van der Waals surface area contributed by atoms with Crippen LogP contribution >= 0.6 is 0 Å². The van der Waals surface area contributed by atoms with E-state index in [1.807, 2.05) is 24.1 Å². The summed E-state index contributed by atoms with van der Waals surface area (Å²) in [6.45, 7) is 3.20. The number of benzene rings is 1. The Morgan fingerprint density at radius 3 is 2.53 bits per heavy atom. The minimum absolute atomic E-state index is 0.805. The highest BCUT2D eigenvalue weighted by atomic mass is 15.1. The molecule has 1 aliphatic rings. The topological polar surface area (TPSA) is 33.1 Å². The number of hydrogen-bond donors (Lipinski definition) is 1. The Balaban J connectivity index is 1.61. The monoisotopic (exact) mass is 256 g/mol. The van der Waals surface area contributed by atoms with Crippen LogP contribution in [0.2, 0.25) is 0 Å². The number of aryl methyl sites for hydroxylation is 1. The molecule has 100 valence electrons. The Morgan fingerprint density at radius 1 is 1.16 bits per heavy atom. The number of imidazole rings is 1. The summed E-state index contributed by atoms with van der Waals surface area (Å²) in [5.74, 6) is 0. The molecule has 0 aliphatic carbocycles. The van der Waals surface area contributed by atoms with Gasteiger partial charge < -0.3 is 14.8 Å². The van der Waals surface area contributed by atoms with Gasteiger partial charge in [0.2, 0.25) is 0 Å². The average Bonchev–Trinajstić information content (AvgIpc) is 3.09. The second-order valence-corrected chi connectivity index (χ2v) is 5.09. The van der Waals surface area contributed by atoms with Gasteiger partial charge in [0.05, 0.1) is 18.6 Å². The van der Waals surface area contributed by atoms with Crippen LogP contribution in [0.4, 0.5) is 11.4 Å². The largest absolute Gasteiger partial charge is 0.379 e. The molecule has 19 heavy (non-hydrogen) atoms. The zero-order chi connectivity index (χ0) is 13.1. The maximum absolute atomic E-state index is 4.12. The van der Waals surface area contributed by atoms with Gasteiger partial charge in [0.1, 0.15) is 0 Å². The van der Waals surface area contributed by atoms with Crippen LogP contribution in [0.3, 0.4) is 0 Å². The zero-order valence-electron chi connectivity index (χ0n) is 11.3. The molecular formula is C15H20N4. The number of anilines is 2. The Bertz CT molecular complexity index is 523. The first-order valence-corrected chi connectivity index (χ1v) is 6.87. The molecule has 1 saturated heterocycles. The van der Waals surface area contributed by atoms with Crippen LogP contribution in [0, 0.1) is 0 Å². The maximum atomic E-state index is 4.12. The molecule has 4 heteroatoms. The molecule has 2 heterocycles. The summed E-state index contributed by atoms with van der Waals surface area (Å²) in [5, 5.41) is 3.43. The highest BCUT2D eigenvalue weighted by Crippen LogP contribution is 2.22. The van der Waals surface area contributed by atoms with Crippen LogP contribution in [0.1, 0.15) is 18.5 Å². The van der Waals surface area contributed by atoms with E-state index in [9.17, 15) is 0 Å². The quantitative estimate of drug-likeness (QED) is 0.913. The third-order valence-electron chi connectivity index (χ3n) is 3.73. The first-order chi connectivity index (χ1) is 9.33. The van der Waals surface area contributed by atoms with Crippen LogP contribution in [0.25, 0.3) is 0 Å². The van der Waals surface area contributed by atoms with Crippen molar-refractivity contribution in [1.82, 2.24) is 9.55 Å². The molecule has 0 unspecified atom stereocenters. The van der Waals surface area contributed by atoms with E-state index in [0.717, 1.165) is 12.2 Å². The van der Waals surface area contributed by atoms with Crippen molar-refractivity contribution >= 4 is 11.4 Å². The predicted octanol–water partition coefficient (Wildman–Crippen LogP) is 2.63. The van der Waals surface area contributed by atoms with Gasteiger partial charge in [0.25, 0.3) is 0 Å². The van der Waals surface area contributed by atoms with Gasteiger partial charge in [-0.25, -0.2) is 4.98 Å². The summed E-state index contributed by atoms with van der Waals surface area (Å²) in [6.07, 6.45) is 6.36. The maximum Gasteiger partial charge on any atom is 0.0946 e. The van der Waals surface area contributed by atoms with E-state index in [1.54, 1.807) is 0 Å². The van der Waals surface area contributed by atoms with Gasteiger partial charge in [-0.15, -0.1) is 0 Å². The lowest BCUT2D eigenvalue weighted by Gasteiger charge is -2.18. The second-order valence-electron chi connectivity index (χ2n) is 5.09. The number of hydrogen-bond acceptors (Lipinski definition) is 3. The Labute approximate surface area is 114 Å². The van der Waals surface area contributed by atoms with Crippen molar-refractivity contribution in [3.63, 3.8) is 0 Å². The van der Waals surface area contributed by atoms with Crippen molar-refractivity contribution in [3.05, 3.63) is 42.5 Å². The highest BCUT2D eigenvalue weighted by molar-refractivity contribution is 5.55. The number of nitrogens with one attached hydrogen (secondary N) is 1. The van der Waals surface area contributed by atoms with Crippen molar-refractivity contribution in [3.8, 4) is 0 Å². The van der Waals surface area contributed by atoms with Crippen molar-refractivity contribution < 1.29 is 0 Å². The molecule has 0 amide bonds. The lowest BCUT2D eigenvalue weighted by atomic mass is 10.2. The fraction of sp³-hybridized carbons (Fsp3) is 0.400.